The highest BCUT2D eigenvalue weighted by molar-refractivity contribution is 6.02. The molecule has 1 fully saturated rings. The Morgan fingerprint density at radius 1 is 1.22 bits per heavy atom. The van der Waals surface area contributed by atoms with Gasteiger partial charge < -0.3 is 0 Å². The SMILES string of the molecule is CCN(CC)C1CCC(=O)C1=Cc1ccccc1. The second-order valence-electron chi connectivity index (χ2n) is 4.71. The highest BCUT2D eigenvalue weighted by Crippen LogP contribution is 2.28. The van der Waals surface area contributed by atoms with E-state index in [2.05, 4.69) is 37.0 Å². The molecule has 2 heteroatoms. The molecule has 0 saturated heterocycles. The lowest BCUT2D eigenvalue weighted by atomic mass is 10.0. The lowest BCUT2D eigenvalue weighted by Gasteiger charge is -2.26. The van der Waals surface area contributed by atoms with Crippen LogP contribution in [0.2, 0.25) is 0 Å². The largest absolute Gasteiger partial charge is 0.297 e. The van der Waals surface area contributed by atoms with Crippen LogP contribution in [0.3, 0.4) is 0 Å². The van der Waals surface area contributed by atoms with Gasteiger partial charge in [0.15, 0.2) is 5.78 Å². The zero-order chi connectivity index (χ0) is 13.0. The maximum absolute atomic E-state index is 12.0. The number of benzene rings is 1. The second-order valence-corrected chi connectivity index (χ2v) is 4.71. The van der Waals surface area contributed by atoms with Crippen molar-refractivity contribution < 1.29 is 4.79 Å². The Kier molecular flexibility index (Phi) is 4.32. The monoisotopic (exact) mass is 243 g/mol. The third kappa shape index (κ3) is 2.70. The minimum absolute atomic E-state index is 0.313. The van der Waals surface area contributed by atoms with Gasteiger partial charge in [0, 0.05) is 18.0 Å². The van der Waals surface area contributed by atoms with Crippen LogP contribution in [0.1, 0.15) is 32.3 Å². The van der Waals surface area contributed by atoms with Crippen LogP contribution in [0, 0.1) is 0 Å². The van der Waals surface area contributed by atoms with Crippen molar-refractivity contribution >= 4 is 11.9 Å². The maximum Gasteiger partial charge on any atom is 0.160 e. The molecule has 96 valence electrons. The molecule has 1 atom stereocenters. The van der Waals surface area contributed by atoms with Gasteiger partial charge in [-0.1, -0.05) is 44.2 Å². The minimum Gasteiger partial charge on any atom is -0.297 e. The van der Waals surface area contributed by atoms with Gasteiger partial charge in [-0.3, -0.25) is 9.69 Å². The Bertz CT molecular complexity index is 432. The molecule has 0 aliphatic heterocycles. The Labute approximate surface area is 109 Å². The molecule has 1 aliphatic rings. The zero-order valence-electron chi connectivity index (χ0n) is 11.2. The minimum atomic E-state index is 0.313. The first-order valence-electron chi connectivity index (χ1n) is 6.80. The molecule has 1 saturated carbocycles. The number of carbonyl (C=O) groups is 1. The van der Waals surface area contributed by atoms with Gasteiger partial charge in [-0.25, -0.2) is 0 Å². The van der Waals surface area contributed by atoms with Gasteiger partial charge in [-0.15, -0.1) is 0 Å². The van der Waals surface area contributed by atoms with E-state index in [1.165, 1.54) is 0 Å². The summed E-state index contributed by atoms with van der Waals surface area (Å²) in [5, 5.41) is 0. The van der Waals surface area contributed by atoms with E-state index in [1.807, 2.05) is 18.2 Å². The average molecular weight is 243 g/mol. The Hall–Kier alpha value is -1.41. The number of nitrogens with zero attached hydrogens (tertiary/aromatic N) is 1. The molecule has 18 heavy (non-hydrogen) atoms. The number of rotatable bonds is 4. The fraction of sp³-hybridized carbons (Fsp3) is 0.438. The van der Waals surface area contributed by atoms with E-state index in [9.17, 15) is 4.79 Å². The molecule has 0 aromatic heterocycles. The van der Waals surface area contributed by atoms with Gasteiger partial charge in [0.1, 0.15) is 0 Å². The average Bonchev–Trinajstić information content (AvgIpc) is 2.75. The number of likely N-dealkylation sites (N-methyl/N-ethyl adjacent to an activating group) is 1. The quantitative estimate of drug-likeness (QED) is 0.757. The first-order valence-corrected chi connectivity index (χ1v) is 6.80. The first-order chi connectivity index (χ1) is 8.76. The highest BCUT2D eigenvalue weighted by atomic mass is 16.1. The molecular weight excluding hydrogens is 222 g/mol. The third-order valence-corrected chi connectivity index (χ3v) is 3.70. The van der Waals surface area contributed by atoms with Gasteiger partial charge in [0.25, 0.3) is 0 Å². The summed E-state index contributed by atoms with van der Waals surface area (Å²) in [4.78, 5) is 14.4. The van der Waals surface area contributed by atoms with Gasteiger partial charge in [0.05, 0.1) is 0 Å². The summed E-state index contributed by atoms with van der Waals surface area (Å²) in [7, 11) is 0. The predicted molar refractivity (Wildman–Crippen MR) is 75.4 cm³/mol. The van der Waals surface area contributed by atoms with Crippen LogP contribution >= 0.6 is 0 Å². The van der Waals surface area contributed by atoms with Gasteiger partial charge in [0.2, 0.25) is 0 Å². The topological polar surface area (TPSA) is 20.3 Å². The summed E-state index contributed by atoms with van der Waals surface area (Å²) in [5.41, 5.74) is 2.12. The van der Waals surface area contributed by atoms with E-state index in [1.54, 1.807) is 0 Å². The fourth-order valence-corrected chi connectivity index (χ4v) is 2.70. The van der Waals surface area contributed by atoms with Crippen LogP contribution in [0.15, 0.2) is 35.9 Å². The van der Waals surface area contributed by atoms with Crippen LogP contribution in [0.25, 0.3) is 6.08 Å². The summed E-state index contributed by atoms with van der Waals surface area (Å²) in [6.07, 6.45) is 3.73. The molecule has 1 aliphatic carbocycles. The van der Waals surface area contributed by atoms with E-state index >= 15 is 0 Å². The summed E-state index contributed by atoms with van der Waals surface area (Å²) >= 11 is 0. The molecule has 1 unspecified atom stereocenters. The number of carbonyl (C=O) groups excluding carboxylic acids is 1. The van der Waals surface area contributed by atoms with Crippen molar-refractivity contribution in [1.29, 1.82) is 0 Å². The fourth-order valence-electron chi connectivity index (χ4n) is 2.70. The van der Waals surface area contributed by atoms with Crippen LogP contribution in [0.5, 0.6) is 0 Å². The molecule has 0 bridgehead atoms. The molecule has 0 spiro atoms. The van der Waals surface area contributed by atoms with Crippen molar-refractivity contribution in [3.8, 4) is 0 Å². The maximum atomic E-state index is 12.0. The van der Waals surface area contributed by atoms with Crippen molar-refractivity contribution in [3.63, 3.8) is 0 Å². The molecule has 1 aromatic rings. The smallest absolute Gasteiger partial charge is 0.160 e. The standard InChI is InChI=1S/C16H21NO/c1-3-17(4-2)15-10-11-16(18)14(15)12-13-8-6-5-7-9-13/h5-9,12,15H,3-4,10-11H2,1-2H3. The number of ketones is 1. The van der Waals surface area contributed by atoms with Crippen molar-refractivity contribution in [1.82, 2.24) is 4.90 Å². The molecule has 0 heterocycles. The molecule has 0 N–H and O–H groups in total. The second kappa shape index (κ2) is 5.96. The van der Waals surface area contributed by atoms with Gasteiger partial charge >= 0.3 is 0 Å². The lowest BCUT2D eigenvalue weighted by Crippen LogP contribution is -2.34. The number of hydrogen-bond acceptors (Lipinski definition) is 2. The summed E-state index contributed by atoms with van der Waals surface area (Å²) in [6.45, 7) is 6.32. The van der Waals surface area contributed by atoms with Gasteiger partial charge in [-0.2, -0.15) is 0 Å². The first kappa shape index (κ1) is 13.0. The van der Waals surface area contributed by atoms with Crippen molar-refractivity contribution in [2.75, 3.05) is 13.1 Å². The van der Waals surface area contributed by atoms with Crippen molar-refractivity contribution in [2.24, 2.45) is 0 Å². The van der Waals surface area contributed by atoms with E-state index in [0.717, 1.165) is 30.6 Å². The van der Waals surface area contributed by atoms with Crippen LogP contribution in [-0.2, 0) is 4.79 Å². The van der Waals surface area contributed by atoms with E-state index < -0.39 is 0 Å². The van der Waals surface area contributed by atoms with Crippen molar-refractivity contribution in [2.45, 2.75) is 32.7 Å². The number of hydrogen-bond donors (Lipinski definition) is 0. The van der Waals surface area contributed by atoms with Crippen LogP contribution in [-0.4, -0.2) is 29.8 Å². The van der Waals surface area contributed by atoms with E-state index in [4.69, 9.17) is 0 Å². The molecule has 0 radical (unpaired) electrons. The Balaban J connectivity index is 2.28. The molecule has 2 rings (SSSR count). The molecular formula is C16H21NO. The summed E-state index contributed by atoms with van der Waals surface area (Å²) in [6, 6.07) is 10.4. The lowest BCUT2D eigenvalue weighted by molar-refractivity contribution is -0.114. The van der Waals surface area contributed by atoms with E-state index in [-0.39, 0.29) is 0 Å². The molecule has 0 amide bonds. The number of Topliss-reactive ketones (excluding diaryl/α,β-unsaturated/α-hetero) is 1. The molecule has 1 aromatic carbocycles. The van der Waals surface area contributed by atoms with Crippen LogP contribution < -0.4 is 0 Å². The normalized spacial score (nSPS) is 22.1. The predicted octanol–water partition coefficient (Wildman–Crippen LogP) is 3.14. The summed E-state index contributed by atoms with van der Waals surface area (Å²) in [5.74, 6) is 0.316. The Morgan fingerprint density at radius 2 is 1.89 bits per heavy atom. The van der Waals surface area contributed by atoms with Gasteiger partial charge in [-0.05, 0) is 31.1 Å². The Morgan fingerprint density at radius 3 is 2.50 bits per heavy atom. The summed E-state index contributed by atoms with van der Waals surface area (Å²) < 4.78 is 0. The third-order valence-electron chi connectivity index (χ3n) is 3.70. The van der Waals surface area contributed by atoms with E-state index in [0.29, 0.717) is 18.2 Å². The molecule has 2 nitrogen and oxygen atoms in total. The zero-order valence-corrected chi connectivity index (χ0v) is 11.2. The van der Waals surface area contributed by atoms with Crippen LogP contribution in [0.4, 0.5) is 0 Å². The highest BCUT2D eigenvalue weighted by Gasteiger charge is 2.31. The van der Waals surface area contributed by atoms with Crippen molar-refractivity contribution in [3.05, 3.63) is 41.5 Å².